The van der Waals surface area contributed by atoms with Gasteiger partial charge in [0, 0.05) is 30.2 Å². The molecule has 0 unspecified atom stereocenters. The second-order valence-corrected chi connectivity index (χ2v) is 9.46. The van der Waals surface area contributed by atoms with Gasteiger partial charge in [0.2, 0.25) is 10.0 Å². The Labute approximate surface area is 178 Å². The zero-order valence-corrected chi connectivity index (χ0v) is 17.6. The fourth-order valence-electron chi connectivity index (χ4n) is 3.29. The Hall–Kier alpha value is -1.84. The zero-order valence-electron chi connectivity index (χ0n) is 15.2. The van der Waals surface area contributed by atoms with Crippen molar-refractivity contribution in [3.05, 3.63) is 52.0 Å². The van der Waals surface area contributed by atoms with Crippen molar-refractivity contribution in [1.29, 1.82) is 0 Å². The molecule has 2 aliphatic heterocycles. The van der Waals surface area contributed by atoms with E-state index in [9.17, 15) is 13.2 Å². The SMILES string of the molecule is O=C(Nc1ccc(Cl)c(S(=O)(=O)N2CCOCC2)c1)[C@H]1Cc2cc(Cl)ccc2O1. The van der Waals surface area contributed by atoms with Crippen LogP contribution in [0.25, 0.3) is 0 Å². The Kier molecular flexibility index (Phi) is 5.72. The number of carbonyl (C=O) groups excluding carboxylic acids is 1. The summed E-state index contributed by atoms with van der Waals surface area (Å²) >= 11 is 12.1. The number of hydrogen-bond donors (Lipinski definition) is 1. The molecule has 1 amide bonds. The fraction of sp³-hybridized carbons (Fsp3) is 0.316. The van der Waals surface area contributed by atoms with Crippen molar-refractivity contribution in [3.8, 4) is 5.75 Å². The molecule has 1 fully saturated rings. The molecule has 0 bridgehead atoms. The lowest BCUT2D eigenvalue weighted by molar-refractivity contribution is -0.122. The van der Waals surface area contributed by atoms with Gasteiger partial charge in [-0.3, -0.25) is 4.79 Å². The second kappa shape index (κ2) is 8.12. The standard InChI is InChI=1S/C19H18Cl2N2O5S/c20-13-1-4-16-12(9-13)10-17(28-16)19(24)22-14-2-3-15(21)18(11-14)29(25,26)23-5-7-27-8-6-23/h1-4,9,11,17H,5-8,10H2,(H,22,24)/t17-/m1/s1. The number of nitrogens with one attached hydrogen (secondary N) is 1. The van der Waals surface area contributed by atoms with Crippen molar-refractivity contribution in [1.82, 2.24) is 4.31 Å². The molecule has 2 aromatic rings. The van der Waals surface area contributed by atoms with Crippen molar-refractivity contribution in [2.45, 2.75) is 17.4 Å². The lowest BCUT2D eigenvalue weighted by atomic mass is 10.1. The third-order valence-corrected chi connectivity index (χ3v) is 7.39. The van der Waals surface area contributed by atoms with E-state index in [0.29, 0.717) is 36.1 Å². The summed E-state index contributed by atoms with van der Waals surface area (Å²) in [5.41, 5.74) is 1.17. The number of ether oxygens (including phenoxy) is 2. The molecule has 0 spiro atoms. The Morgan fingerprint density at radius 3 is 2.62 bits per heavy atom. The number of amides is 1. The van der Waals surface area contributed by atoms with Crippen LogP contribution in [0.3, 0.4) is 0 Å². The minimum Gasteiger partial charge on any atom is -0.480 e. The maximum absolute atomic E-state index is 12.9. The summed E-state index contributed by atoms with van der Waals surface area (Å²) < 4.78 is 38.0. The number of nitrogens with zero attached hydrogens (tertiary/aromatic N) is 1. The molecule has 7 nitrogen and oxygen atoms in total. The predicted octanol–water partition coefficient (Wildman–Crippen LogP) is 2.96. The monoisotopic (exact) mass is 456 g/mol. The van der Waals surface area contributed by atoms with Crippen molar-refractivity contribution in [2.24, 2.45) is 0 Å². The number of sulfonamides is 1. The minimum absolute atomic E-state index is 0.0544. The largest absolute Gasteiger partial charge is 0.480 e. The summed E-state index contributed by atoms with van der Waals surface area (Å²) in [5, 5.41) is 3.38. The Morgan fingerprint density at radius 2 is 1.86 bits per heavy atom. The number of fused-ring (bicyclic) bond motifs is 1. The van der Waals surface area contributed by atoms with Crippen LogP contribution in [-0.2, 0) is 26.0 Å². The van der Waals surface area contributed by atoms with Crippen LogP contribution >= 0.6 is 23.2 Å². The van der Waals surface area contributed by atoms with Crippen LogP contribution in [0.4, 0.5) is 5.69 Å². The van der Waals surface area contributed by atoms with E-state index in [0.717, 1.165) is 5.56 Å². The van der Waals surface area contributed by atoms with Gasteiger partial charge in [-0.15, -0.1) is 0 Å². The van der Waals surface area contributed by atoms with Crippen molar-refractivity contribution in [3.63, 3.8) is 0 Å². The summed E-state index contributed by atoms with van der Waals surface area (Å²) in [5.74, 6) is 0.232. The summed E-state index contributed by atoms with van der Waals surface area (Å²) in [6.45, 7) is 1.17. The fourth-order valence-corrected chi connectivity index (χ4v) is 5.39. The van der Waals surface area contributed by atoms with E-state index in [4.69, 9.17) is 32.7 Å². The van der Waals surface area contributed by atoms with Crippen LogP contribution in [0.1, 0.15) is 5.56 Å². The van der Waals surface area contributed by atoms with Crippen LogP contribution in [0, 0.1) is 0 Å². The molecule has 2 heterocycles. The lowest BCUT2D eigenvalue weighted by Gasteiger charge is -2.26. The van der Waals surface area contributed by atoms with E-state index < -0.39 is 16.1 Å². The van der Waals surface area contributed by atoms with Gasteiger partial charge >= 0.3 is 0 Å². The third-order valence-electron chi connectivity index (χ3n) is 4.78. The maximum atomic E-state index is 12.9. The van der Waals surface area contributed by atoms with E-state index in [1.807, 2.05) is 0 Å². The quantitative estimate of drug-likeness (QED) is 0.764. The van der Waals surface area contributed by atoms with Crippen molar-refractivity contribution < 1.29 is 22.7 Å². The molecule has 0 radical (unpaired) electrons. The van der Waals surface area contributed by atoms with Crippen LogP contribution in [0.15, 0.2) is 41.3 Å². The highest BCUT2D eigenvalue weighted by Gasteiger charge is 2.31. The van der Waals surface area contributed by atoms with Crippen LogP contribution < -0.4 is 10.1 Å². The van der Waals surface area contributed by atoms with Crippen LogP contribution in [0.5, 0.6) is 5.75 Å². The molecule has 2 aromatic carbocycles. The van der Waals surface area contributed by atoms with E-state index >= 15 is 0 Å². The third kappa shape index (κ3) is 4.22. The Morgan fingerprint density at radius 1 is 1.10 bits per heavy atom. The number of carbonyl (C=O) groups is 1. The first-order valence-corrected chi connectivity index (χ1v) is 11.2. The first kappa shape index (κ1) is 20.4. The molecular formula is C19H18Cl2N2O5S. The van der Waals surface area contributed by atoms with Crippen LogP contribution in [0.2, 0.25) is 10.0 Å². The van der Waals surface area contributed by atoms with Gasteiger partial charge < -0.3 is 14.8 Å². The molecule has 0 aliphatic carbocycles. The summed E-state index contributed by atoms with van der Waals surface area (Å²) in [4.78, 5) is 12.6. The first-order valence-electron chi connectivity index (χ1n) is 8.98. The molecule has 29 heavy (non-hydrogen) atoms. The Balaban J connectivity index is 1.51. The van der Waals surface area contributed by atoms with Gasteiger partial charge in [0.25, 0.3) is 5.91 Å². The lowest BCUT2D eigenvalue weighted by Crippen LogP contribution is -2.40. The zero-order chi connectivity index (χ0) is 20.6. The molecule has 0 saturated carbocycles. The van der Waals surface area contributed by atoms with Crippen molar-refractivity contribution >= 4 is 44.8 Å². The van der Waals surface area contributed by atoms with Gasteiger partial charge in [0.15, 0.2) is 6.10 Å². The highest BCUT2D eigenvalue weighted by Crippen LogP contribution is 2.32. The van der Waals surface area contributed by atoms with Gasteiger partial charge in [-0.1, -0.05) is 23.2 Å². The minimum atomic E-state index is -3.79. The molecule has 4 rings (SSSR count). The number of benzene rings is 2. The average molecular weight is 457 g/mol. The molecule has 10 heteroatoms. The predicted molar refractivity (Wildman–Crippen MR) is 109 cm³/mol. The van der Waals surface area contributed by atoms with Crippen molar-refractivity contribution in [2.75, 3.05) is 31.6 Å². The summed E-state index contributed by atoms with van der Waals surface area (Å²) in [6, 6.07) is 9.55. The molecule has 2 aliphatic rings. The number of rotatable bonds is 4. The highest BCUT2D eigenvalue weighted by atomic mass is 35.5. The van der Waals surface area contributed by atoms with E-state index in [2.05, 4.69) is 5.32 Å². The smallest absolute Gasteiger partial charge is 0.265 e. The van der Waals surface area contributed by atoms with Gasteiger partial charge in [-0.05, 0) is 42.0 Å². The maximum Gasteiger partial charge on any atom is 0.265 e. The molecule has 1 N–H and O–H groups in total. The summed E-state index contributed by atoms with van der Waals surface area (Å²) in [6.07, 6.45) is -0.340. The topological polar surface area (TPSA) is 84.9 Å². The molecule has 1 saturated heterocycles. The van der Waals surface area contributed by atoms with E-state index in [1.54, 1.807) is 24.3 Å². The molecule has 154 valence electrons. The Bertz CT molecular complexity index is 1050. The molecule has 1 atom stereocenters. The van der Waals surface area contributed by atoms with Gasteiger partial charge in [-0.25, -0.2) is 8.42 Å². The van der Waals surface area contributed by atoms with Gasteiger partial charge in [0.1, 0.15) is 10.6 Å². The highest BCUT2D eigenvalue weighted by molar-refractivity contribution is 7.89. The van der Waals surface area contributed by atoms with E-state index in [-0.39, 0.29) is 28.9 Å². The summed E-state index contributed by atoms with van der Waals surface area (Å²) in [7, 11) is -3.79. The number of anilines is 1. The number of morpholine rings is 1. The van der Waals surface area contributed by atoms with E-state index in [1.165, 1.54) is 16.4 Å². The average Bonchev–Trinajstić information content (AvgIpc) is 3.13. The first-order chi connectivity index (χ1) is 13.8. The second-order valence-electron chi connectivity index (χ2n) is 6.71. The molecule has 0 aromatic heterocycles. The molecular weight excluding hydrogens is 439 g/mol. The number of hydrogen-bond acceptors (Lipinski definition) is 5. The normalized spacial score (nSPS) is 19.4. The van der Waals surface area contributed by atoms with Gasteiger partial charge in [0.05, 0.1) is 18.2 Å². The van der Waals surface area contributed by atoms with Gasteiger partial charge in [-0.2, -0.15) is 4.31 Å². The van der Waals surface area contributed by atoms with Crippen LogP contribution in [-0.4, -0.2) is 51.0 Å². The number of halogens is 2.